The molecule has 0 radical (unpaired) electrons. The van der Waals surface area contributed by atoms with Crippen LogP contribution in [0.25, 0.3) is 0 Å². The zero-order valence-electron chi connectivity index (χ0n) is 12.5. The Balaban J connectivity index is 1.86. The third-order valence-electron chi connectivity index (χ3n) is 4.92. The summed E-state index contributed by atoms with van der Waals surface area (Å²) in [5.74, 6) is 0.784. The summed E-state index contributed by atoms with van der Waals surface area (Å²) in [6, 6.07) is 1.35. The topological polar surface area (TPSA) is 41.1 Å². The lowest BCUT2D eigenvalue weighted by Gasteiger charge is -2.40. The predicted octanol–water partition coefficient (Wildman–Crippen LogP) is 2.04. The molecule has 0 bridgehead atoms. The molecule has 0 aromatic carbocycles. The second-order valence-electron chi connectivity index (χ2n) is 6.33. The van der Waals surface area contributed by atoms with Crippen molar-refractivity contribution in [2.75, 3.05) is 19.3 Å². The first kappa shape index (κ1) is 15.5. The zero-order valence-corrected chi connectivity index (χ0v) is 13.3. The Labute approximate surface area is 120 Å². The molecule has 112 valence electrons. The molecule has 1 saturated carbocycles. The molecule has 5 unspecified atom stereocenters. The van der Waals surface area contributed by atoms with Crippen molar-refractivity contribution < 1.29 is 4.21 Å². The lowest BCUT2D eigenvalue weighted by atomic mass is 9.77. The Morgan fingerprint density at radius 1 is 1.21 bits per heavy atom. The highest BCUT2D eigenvalue weighted by atomic mass is 32.2. The first-order valence-corrected chi connectivity index (χ1v) is 9.59. The van der Waals surface area contributed by atoms with E-state index in [4.69, 9.17) is 0 Å². The highest BCUT2D eigenvalue weighted by molar-refractivity contribution is 7.84. The molecule has 0 aromatic heterocycles. The molecule has 2 rings (SSSR count). The Bertz CT molecular complexity index is 292. The zero-order chi connectivity index (χ0) is 13.7. The van der Waals surface area contributed by atoms with Gasteiger partial charge in [-0.1, -0.05) is 19.3 Å². The summed E-state index contributed by atoms with van der Waals surface area (Å²) < 4.78 is 11.5. The van der Waals surface area contributed by atoms with Crippen molar-refractivity contribution in [2.24, 2.45) is 5.92 Å². The van der Waals surface area contributed by atoms with Gasteiger partial charge in [0.15, 0.2) is 0 Å². The summed E-state index contributed by atoms with van der Waals surface area (Å²) in [4.78, 5) is 0. The fourth-order valence-electron chi connectivity index (χ4n) is 3.57. The van der Waals surface area contributed by atoms with Gasteiger partial charge >= 0.3 is 0 Å². The van der Waals surface area contributed by atoms with Gasteiger partial charge in [0.1, 0.15) is 0 Å². The van der Waals surface area contributed by atoms with Crippen LogP contribution in [0.2, 0.25) is 0 Å². The molecular weight excluding hydrogens is 256 g/mol. The van der Waals surface area contributed by atoms with Crippen molar-refractivity contribution in [1.29, 1.82) is 0 Å². The van der Waals surface area contributed by atoms with Crippen LogP contribution in [0.15, 0.2) is 0 Å². The van der Waals surface area contributed by atoms with Gasteiger partial charge in [0.2, 0.25) is 0 Å². The summed E-state index contributed by atoms with van der Waals surface area (Å²) >= 11 is 0. The Hall–Kier alpha value is 0.0700. The van der Waals surface area contributed by atoms with Crippen LogP contribution < -0.4 is 10.6 Å². The van der Waals surface area contributed by atoms with Gasteiger partial charge in [-0.05, 0) is 45.1 Å². The van der Waals surface area contributed by atoms with E-state index < -0.39 is 10.8 Å². The maximum Gasteiger partial charge on any atom is 0.0441 e. The first-order chi connectivity index (χ1) is 9.18. The molecule has 2 aliphatic rings. The molecule has 1 saturated heterocycles. The van der Waals surface area contributed by atoms with Crippen LogP contribution in [-0.2, 0) is 10.8 Å². The summed E-state index contributed by atoms with van der Waals surface area (Å²) in [5, 5.41) is 7.71. The number of rotatable bonds is 5. The van der Waals surface area contributed by atoms with E-state index in [1.54, 1.807) is 0 Å². The highest BCUT2D eigenvalue weighted by Gasteiger charge is 2.32. The van der Waals surface area contributed by atoms with Gasteiger partial charge in [-0.3, -0.25) is 4.21 Å². The molecule has 0 spiro atoms. The fraction of sp³-hybridized carbons (Fsp3) is 1.00. The molecule has 2 N–H and O–H groups in total. The van der Waals surface area contributed by atoms with Gasteiger partial charge in [0, 0.05) is 40.9 Å². The van der Waals surface area contributed by atoms with Gasteiger partial charge in [-0.15, -0.1) is 0 Å². The minimum atomic E-state index is -0.709. The second kappa shape index (κ2) is 7.75. The van der Waals surface area contributed by atoms with Crippen LogP contribution in [0.3, 0.4) is 0 Å². The average molecular weight is 286 g/mol. The van der Waals surface area contributed by atoms with Crippen molar-refractivity contribution >= 4 is 10.8 Å². The van der Waals surface area contributed by atoms with Crippen molar-refractivity contribution in [3.8, 4) is 0 Å². The first-order valence-electron chi connectivity index (χ1n) is 7.97. The fourth-order valence-corrected chi connectivity index (χ4v) is 3.90. The van der Waals surface area contributed by atoms with Crippen LogP contribution in [-0.4, -0.2) is 40.9 Å². The van der Waals surface area contributed by atoms with E-state index in [9.17, 15) is 4.21 Å². The van der Waals surface area contributed by atoms with E-state index in [1.165, 1.54) is 51.5 Å². The maximum absolute atomic E-state index is 11.5. The molecule has 1 heterocycles. The smallest absolute Gasteiger partial charge is 0.0441 e. The molecule has 5 atom stereocenters. The van der Waals surface area contributed by atoms with Crippen LogP contribution in [0.1, 0.15) is 51.9 Å². The van der Waals surface area contributed by atoms with E-state index in [1.807, 2.05) is 6.26 Å². The van der Waals surface area contributed by atoms with Gasteiger partial charge in [-0.25, -0.2) is 0 Å². The monoisotopic (exact) mass is 286 g/mol. The molecule has 3 nitrogen and oxygen atoms in total. The van der Waals surface area contributed by atoms with Gasteiger partial charge < -0.3 is 10.6 Å². The quantitative estimate of drug-likeness (QED) is 0.813. The number of nitrogens with one attached hydrogen (secondary N) is 2. The van der Waals surface area contributed by atoms with Crippen molar-refractivity contribution in [1.82, 2.24) is 10.6 Å². The van der Waals surface area contributed by atoms with Gasteiger partial charge in [0.05, 0.1) is 0 Å². The van der Waals surface area contributed by atoms with Crippen LogP contribution in [0.5, 0.6) is 0 Å². The Kier molecular flexibility index (Phi) is 6.30. The lowest BCUT2D eigenvalue weighted by Crippen LogP contribution is -2.51. The van der Waals surface area contributed by atoms with E-state index in [0.29, 0.717) is 12.1 Å². The minimum Gasteiger partial charge on any atom is -0.314 e. The van der Waals surface area contributed by atoms with E-state index in [-0.39, 0.29) is 5.25 Å². The molecule has 4 heteroatoms. The highest BCUT2D eigenvalue weighted by Crippen LogP contribution is 2.30. The van der Waals surface area contributed by atoms with Crippen molar-refractivity contribution in [3.05, 3.63) is 0 Å². The molecular formula is C15H30N2OS. The van der Waals surface area contributed by atoms with Crippen molar-refractivity contribution in [2.45, 2.75) is 69.2 Å². The van der Waals surface area contributed by atoms with E-state index in [0.717, 1.165) is 12.5 Å². The van der Waals surface area contributed by atoms with Crippen LogP contribution >= 0.6 is 0 Å². The van der Waals surface area contributed by atoms with Crippen LogP contribution in [0.4, 0.5) is 0 Å². The average Bonchev–Trinajstić information content (AvgIpc) is 2.46. The molecule has 0 aromatic rings. The number of piperidine rings is 1. The third-order valence-corrected chi connectivity index (χ3v) is 6.22. The van der Waals surface area contributed by atoms with E-state index in [2.05, 4.69) is 17.6 Å². The normalized spacial score (nSPS) is 35.8. The predicted molar refractivity (Wildman–Crippen MR) is 82.9 cm³/mol. The SMILES string of the molecule is CC(CNC1CCCCC1C1CCCCN1)S(C)=O. The number of hydrogen-bond acceptors (Lipinski definition) is 3. The standard InChI is InChI=1S/C15H30N2OS/c1-12(19(2)18)11-17-15-8-4-3-7-13(15)14-9-5-6-10-16-14/h12-17H,3-11H2,1-2H3. The van der Waals surface area contributed by atoms with Gasteiger partial charge in [0.25, 0.3) is 0 Å². The Morgan fingerprint density at radius 3 is 2.63 bits per heavy atom. The van der Waals surface area contributed by atoms with Crippen molar-refractivity contribution in [3.63, 3.8) is 0 Å². The summed E-state index contributed by atoms with van der Waals surface area (Å²) in [6.07, 6.45) is 11.3. The second-order valence-corrected chi connectivity index (χ2v) is 8.13. The minimum absolute atomic E-state index is 0.266. The summed E-state index contributed by atoms with van der Waals surface area (Å²) in [5.41, 5.74) is 0. The molecule has 19 heavy (non-hydrogen) atoms. The molecule has 2 fully saturated rings. The summed E-state index contributed by atoms with van der Waals surface area (Å²) in [7, 11) is -0.709. The molecule has 1 aliphatic carbocycles. The molecule has 1 aliphatic heterocycles. The third kappa shape index (κ3) is 4.54. The van der Waals surface area contributed by atoms with Crippen LogP contribution in [0, 0.1) is 5.92 Å². The maximum atomic E-state index is 11.5. The largest absolute Gasteiger partial charge is 0.314 e. The Morgan fingerprint density at radius 2 is 1.95 bits per heavy atom. The van der Waals surface area contributed by atoms with Gasteiger partial charge in [-0.2, -0.15) is 0 Å². The number of hydrogen-bond donors (Lipinski definition) is 2. The molecule has 0 amide bonds. The van der Waals surface area contributed by atoms with E-state index >= 15 is 0 Å². The summed E-state index contributed by atoms with van der Waals surface area (Å²) in [6.45, 7) is 4.18. The lowest BCUT2D eigenvalue weighted by molar-refractivity contribution is 0.182.